The van der Waals surface area contributed by atoms with E-state index in [1.807, 2.05) is 36.0 Å². The molecule has 1 N–H and O–H groups in total. The fraction of sp³-hybridized carbons (Fsp3) is 0.286. The zero-order chi connectivity index (χ0) is 14.1. The Kier molecular flexibility index (Phi) is 3.36. The summed E-state index contributed by atoms with van der Waals surface area (Å²) in [6.07, 6.45) is 3.78. The molecular formula is C14H16ClN5. The van der Waals surface area contributed by atoms with Gasteiger partial charge in [-0.25, -0.2) is 9.97 Å². The van der Waals surface area contributed by atoms with Crippen LogP contribution >= 0.6 is 11.6 Å². The number of rotatable bonds is 4. The second kappa shape index (κ2) is 5.17. The summed E-state index contributed by atoms with van der Waals surface area (Å²) in [7, 11) is 1.96. The summed E-state index contributed by atoms with van der Waals surface area (Å²) in [5, 5.41) is 4.04. The number of nitrogens with zero attached hydrogens (tertiary/aromatic N) is 4. The first kappa shape index (κ1) is 13.0. The van der Waals surface area contributed by atoms with Gasteiger partial charge in [-0.3, -0.25) is 0 Å². The van der Waals surface area contributed by atoms with Crippen LogP contribution in [0.1, 0.15) is 12.6 Å². The van der Waals surface area contributed by atoms with Crippen molar-refractivity contribution in [2.24, 2.45) is 7.05 Å². The minimum Gasteiger partial charge on any atom is -0.350 e. The Morgan fingerprint density at radius 1 is 1.35 bits per heavy atom. The number of aryl methyl sites for hydroxylation is 2. The van der Waals surface area contributed by atoms with Gasteiger partial charge in [-0.05, 0) is 25.1 Å². The molecule has 0 bridgehead atoms. The lowest BCUT2D eigenvalue weighted by Crippen LogP contribution is -2.07. The van der Waals surface area contributed by atoms with E-state index in [4.69, 9.17) is 11.6 Å². The molecule has 0 aliphatic rings. The van der Waals surface area contributed by atoms with Gasteiger partial charge in [0.1, 0.15) is 0 Å². The summed E-state index contributed by atoms with van der Waals surface area (Å²) < 4.78 is 4.06. The molecule has 6 heteroatoms. The highest BCUT2D eigenvalue weighted by atomic mass is 35.5. The Labute approximate surface area is 122 Å². The van der Waals surface area contributed by atoms with Gasteiger partial charge in [-0.15, -0.1) is 0 Å². The molecular weight excluding hydrogens is 274 g/mol. The SMILES string of the molecule is CCn1c(NCc2cn(C)cn2)nc2cc(Cl)ccc21. The second-order valence-electron chi connectivity index (χ2n) is 4.70. The van der Waals surface area contributed by atoms with Crippen molar-refractivity contribution >= 4 is 28.6 Å². The smallest absolute Gasteiger partial charge is 0.204 e. The lowest BCUT2D eigenvalue weighted by molar-refractivity contribution is 0.786. The first-order chi connectivity index (χ1) is 9.67. The number of anilines is 1. The first-order valence-electron chi connectivity index (χ1n) is 6.54. The van der Waals surface area contributed by atoms with E-state index < -0.39 is 0 Å². The van der Waals surface area contributed by atoms with Crippen LogP contribution in [0.2, 0.25) is 5.02 Å². The third-order valence-electron chi connectivity index (χ3n) is 3.21. The molecule has 2 heterocycles. The van der Waals surface area contributed by atoms with Crippen molar-refractivity contribution in [1.29, 1.82) is 0 Å². The maximum atomic E-state index is 6.02. The molecule has 0 saturated carbocycles. The van der Waals surface area contributed by atoms with Crippen molar-refractivity contribution in [2.45, 2.75) is 20.0 Å². The van der Waals surface area contributed by atoms with Gasteiger partial charge in [0.2, 0.25) is 5.95 Å². The normalized spacial score (nSPS) is 11.2. The van der Waals surface area contributed by atoms with Crippen LogP contribution in [-0.4, -0.2) is 19.1 Å². The number of hydrogen-bond donors (Lipinski definition) is 1. The van der Waals surface area contributed by atoms with Crippen LogP contribution in [-0.2, 0) is 20.1 Å². The maximum absolute atomic E-state index is 6.02. The molecule has 0 aliphatic carbocycles. The van der Waals surface area contributed by atoms with Crippen LogP contribution < -0.4 is 5.32 Å². The van der Waals surface area contributed by atoms with Gasteiger partial charge in [0, 0.05) is 24.8 Å². The summed E-state index contributed by atoms with van der Waals surface area (Å²) in [6.45, 7) is 3.60. The molecule has 20 heavy (non-hydrogen) atoms. The van der Waals surface area contributed by atoms with E-state index in [2.05, 4.69) is 26.8 Å². The molecule has 3 aromatic rings. The number of benzene rings is 1. The summed E-state index contributed by atoms with van der Waals surface area (Å²) >= 11 is 6.02. The number of aromatic nitrogens is 4. The Morgan fingerprint density at radius 2 is 2.20 bits per heavy atom. The molecule has 5 nitrogen and oxygen atoms in total. The van der Waals surface area contributed by atoms with Crippen LogP contribution in [0.25, 0.3) is 11.0 Å². The molecule has 0 spiro atoms. The van der Waals surface area contributed by atoms with Crippen molar-refractivity contribution in [3.05, 3.63) is 41.4 Å². The quantitative estimate of drug-likeness (QED) is 0.803. The molecule has 3 rings (SSSR count). The topological polar surface area (TPSA) is 47.7 Å². The van der Waals surface area contributed by atoms with E-state index in [0.29, 0.717) is 11.6 Å². The molecule has 0 amide bonds. The Morgan fingerprint density at radius 3 is 2.90 bits per heavy atom. The van der Waals surface area contributed by atoms with E-state index in [1.54, 1.807) is 6.33 Å². The van der Waals surface area contributed by atoms with Crippen molar-refractivity contribution in [1.82, 2.24) is 19.1 Å². The molecule has 0 unspecified atom stereocenters. The highest BCUT2D eigenvalue weighted by Gasteiger charge is 2.09. The molecule has 2 aromatic heterocycles. The number of halogens is 1. The molecule has 0 radical (unpaired) electrons. The van der Waals surface area contributed by atoms with Crippen molar-refractivity contribution in [3.63, 3.8) is 0 Å². The van der Waals surface area contributed by atoms with Gasteiger partial charge in [0.15, 0.2) is 0 Å². The Hall–Kier alpha value is -2.01. The zero-order valence-corrected chi connectivity index (χ0v) is 12.2. The van der Waals surface area contributed by atoms with Gasteiger partial charge in [-0.1, -0.05) is 11.6 Å². The average Bonchev–Trinajstić information content (AvgIpc) is 2.98. The predicted molar refractivity (Wildman–Crippen MR) is 81.0 cm³/mol. The van der Waals surface area contributed by atoms with Crippen LogP contribution in [0, 0.1) is 0 Å². The fourth-order valence-corrected chi connectivity index (χ4v) is 2.45. The number of hydrogen-bond acceptors (Lipinski definition) is 3. The standard InChI is InChI=1S/C14H16ClN5/c1-3-20-13-5-4-10(15)6-12(13)18-14(20)16-7-11-8-19(2)9-17-11/h4-6,8-9H,3,7H2,1-2H3,(H,16,18). The molecule has 1 aromatic carbocycles. The van der Waals surface area contributed by atoms with Crippen LogP contribution in [0.5, 0.6) is 0 Å². The van der Waals surface area contributed by atoms with E-state index in [0.717, 1.165) is 29.2 Å². The lowest BCUT2D eigenvalue weighted by Gasteiger charge is -2.07. The minimum atomic E-state index is 0.651. The molecule has 0 aliphatic heterocycles. The van der Waals surface area contributed by atoms with Crippen LogP contribution in [0.4, 0.5) is 5.95 Å². The Bertz CT molecular complexity index is 743. The van der Waals surface area contributed by atoms with Gasteiger partial charge < -0.3 is 14.5 Å². The average molecular weight is 290 g/mol. The number of fused-ring (bicyclic) bond motifs is 1. The monoisotopic (exact) mass is 289 g/mol. The van der Waals surface area contributed by atoms with Crippen molar-refractivity contribution in [3.8, 4) is 0 Å². The van der Waals surface area contributed by atoms with Crippen molar-refractivity contribution < 1.29 is 0 Å². The summed E-state index contributed by atoms with van der Waals surface area (Å²) in [6, 6.07) is 5.77. The van der Waals surface area contributed by atoms with Gasteiger partial charge in [0.25, 0.3) is 0 Å². The maximum Gasteiger partial charge on any atom is 0.204 e. The molecule has 104 valence electrons. The summed E-state index contributed by atoms with van der Waals surface area (Å²) in [4.78, 5) is 8.90. The van der Waals surface area contributed by atoms with E-state index in [9.17, 15) is 0 Å². The summed E-state index contributed by atoms with van der Waals surface area (Å²) in [5.74, 6) is 0.843. The van der Waals surface area contributed by atoms with Crippen LogP contribution in [0.3, 0.4) is 0 Å². The first-order valence-corrected chi connectivity index (χ1v) is 6.91. The predicted octanol–water partition coefficient (Wildman–Crippen LogP) is 3.06. The zero-order valence-electron chi connectivity index (χ0n) is 11.5. The van der Waals surface area contributed by atoms with Crippen LogP contribution in [0.15, 0.2) is 30.7 Å². The van der Waals surface area contributed by atoms with Gasteiger partial charge in [0.05, 0.1) is 29.6 Å². The number of nitrogens with one attached hydrogen (secondary N) is 1. The third kappa shape index (κ3) is 2.36. The lowest BCUT2D eigenvalue weighted by atomic mass is 10.3. The van der Waals surface area contributed by atoms with Gasteiger partial charge >= 0.3 is 0 Å². The second-order valence-corrected chi connectivity index (χ2v) is 5.13. The number of imidazole rings is 2. The van der Waals surface area contributed by atoms with E-state index >= 15 is 0 Å². The summed E-state index contributed by atoms with van der Waals surface area (Å²) in [5.41, 5.74) is 2.98. The Balaban J connectivity index is 1.90. The molecule has 0 atom stereocenters. The molecule has 0 fully saturated rings. The van der Waals surface area contributed by atoms with Crippen molar-refractivity contribution in [2.75, 3.05) is 5.32 Å². The third-order valence-corrected chi connectivity index (χ3v) is 3.45. The van der Waals surface area contributed by atoms with E-state index in [-0.39, 0.29) is 0 Å². The largest absolute Gasteiger partial charge is 0.350 e. The fourth-order valence-electron chi connectivity index (χ4n) is 2.29. The minimum absolute atomic E-state index is 0.651. The highest BCUT2D eigenvalue weighted by Crippen LogP contribution is 2.23. The van der Waals surface area contributed by atoms with E-state index in [1.165, 1.54) is 0 Å². The molecule has 0 saturated heterocycles. The van der Waals surface area contributed by atoms with Gasteiger partial charge in [-0.2, -0.15) is 0 Å². The highest BCUT2D eigenvalue weighted by molar-refractivity contribution is 6.31.